The van der Waals surface area contributed by atoms with Gasteiger partial charge < -0.3 is 15.2 Å². The number of carbonyl (C=O) groups is 1. The fourth-order valence-corrected chi connectivity index (χ4v) is 1.91. The maximum Gasteiger partial charge on any atom is 0.337 e. The van der Waals surface area contributed by atoms with Crippen LogP contribution in [0.1, 0.15) is 15.9 Å². The highest BCUT2D eigenvalue weighted by atomic mass is 35.5. The minimum atomic E-state index is -1.06. The molecule has 0 atom stereocenters. The molecule has 0 bridgehead atoms. The standard InChI is InChI=1S/C14H13ClN2O3/c1-20-8-9-4-2-3-5-12(9)17-13-11(15)6-10(7-16-13)14(18)19/h2-7H,8H2,1H3,(H,16,17)(H,18,19). The number of nitrogens with one attached hydrogen (secondary N) is 1. The zero-order valence-electron chi connectivity index (χ0n) is 10.8. The molecule has 2 rings (SSSR count). The monoisotopic (exact) mass is 292 g/mol. The number of hydrogen-bond acceptors (Lipinski definition) is 4. The van der Waals surface area contributed by atoms with Gasteiger partial charge in [0.15, 0.2) is 0 Å². The molecule has 104 valence electrons. The Balaban J connectivity index is 2.28. The van der Waals surface area contributed by atoms with Gasteiger partial charge in [-0.15, -0.1) is 0 Å². The molecule has 0 unspecified atom stereocenters. The lowest BCUT2D eigenvalue weighted by atomic mass is 10.2. The number of nitrogens with zero attached hydrogens (tertiary/aromatic N) is 1. The van der Waals surface area contributed by atoms with E-state index < -0.39 is 5.97 Å². The number of carboxylic acids is 1. The molecule has 0 radical (unpaired) electrons. The molecule has 0 saturated carbocycles. The van der Waals surface area contributed by atoms with Crippen LogP contribution in [0.2, 0.25) is 5.02 Å². The number of ether oxygens (including phenoxy) is 1. The fraction of sp³-hybridized carbons (Fsp3) is 0.143. The first-order chi connectivity index (χ1) is 9.61. The molecular formula is C14H13ClN2O3. The Labute approximate surface area is 121 Å². The normalized spacial score (nSPS) is 10.3. The predicted octanol–water partition coefficient (Wildman–Crippen LogP) is 3.32. The van der Waals surface area contributed by atoms with Crippen molar-refractivity contribution in [2.24, 2.45) is 0 Å². The molecule has 0 amide bonds. The summed E-state index contributed by atoms with van der Waals surface area (Å²) in [5.41, 5.74) is 1.81. The topological polar surface area (TPSA) is 71.5 Å². The number of anilines is 2. The molecule has 2 aromatic rings. The van der Waals surface area contributed by atoms with E-state index in [4.69, 9.17) is 21.4 Å². The Hall–Kier alpha value is -2.11. The number of aromatic carboxylic acids is 1. The maximum absolute atomic E-state index is 10.8. The first-order valence-electron chi connectivity index (χ1n) is 5.84. The summed E-state index contributed by atoms with van der Waals surface area (Å²) in [6.45, 7) is 0.452. The molecule has 0 fully saturated rings. The van der Waals surface area contributed by atoms with Crippen LogP contribution in [0.25, 0.3) is 0 Å². The minimum Gasteiger partial charge on any atom is -0.478 e. The van der Waals surface area contributed by atoms with Crippen molar-refractivity contribution in [2.75, 3.05) is 12.4 Å². The van der Waals surface area contributed by atoms with Crippen molar-refractivity contribution in [1.29, 1.82) is 0 Å². The zero-order chi connectivity index (χ0) is 14.5. The van der Waals surface area contributed by atoms with E-state index in [9.17, 15) is 4.79 Å². The van der Waals surface area contributed by atoms with Gasteiger partial charge in [0.2, 0.25) is 0 Å². The van der Waals surface area contributed by atoms with E-state index in [2.05, 4.69) is 10.3 Å². The first-order valence-corrected chi connectivity index (χ1v) is 6.22. The SMILES string of the molecule is COCc1ccccc1Nc1ncc(C(=O)O)cc1Cl. The number of para-hydroxylation sites is 1. The number of benzene rings is 1. The van der Waals surface area contributed by atoms with Crippen LogP contribution in [0.15, 0.2) is 36.5 Å². The van der Waals surface area contributed by atoms with E-state index in [1.165, 1.54) is 12.3 Å². The maximum atomic E-state index is 10.8. The van der Waals surface area contributed by atoms with Crippen molar-refractivity contribution in [3.63, 3.8) is 0 Å². The second-order valence-corrected chi connectivity index (χ2v) is 4.48. The van der Waals surface area contributed by atoms with Gasteiger partial charge in [0.1, 0.15) is 5.82 Å². The summed E-state index contributed by atoms with van der Waals surface area (Å²) in [4.78, 5) is 14.9. The molecular weight excluding hydrogens is 280 g/mol. The molecule has 20 heavy (non-hydrogen) atoms. The Kier molecular flexibility index (Phi) is 4.55. The van der Waals surface area contributed by atoms with Gasteiger partial charge in [-0.25, -0.2) is 9.78 Å². The van der Waals surface area contributed by atoms with E-state index in [0.29, 0.717) is 12.4 Å². The smallest absolute Gasteiger partial charge is 0.337 e. The molecule has 0 spiro atoms. The van der Waals surface area contributed by atoms with Crippen molar-refractivity contribution < 1.29 is 14.6 Å². The highest BCUT2D eigenvalue weighted by Crippen LogP contribution is 2.26. The number of rotatable bonds is 5. The molecule has 2 N–H and O–H groups in total. The largest absolute Gasteiger partial charge is 0.478 e. The molecule has 1 heterocycles. The number of carboxylic acid groups (broad SMARTS) is 1. The zero-order valence-corrected chi connectivity index (χ0v) is 11.5. The highest BCUT2D eigenvalue weighted by molar-refractivity contribution is 6.33. The molecule has 6 heteroatoms. The summed E-state index contributed by atoms with van der Waals surface area (Å²) in [5.74, 6) is -0.661. The van der Waals surface area contributed by atoms with Crippen molar-refractivity contribution in [2.45, 2.75) is 6.61 Å². The van der Waals surface area contributed by atoms with Crippen LogP contribution in [0.4, 0.5) is 11.5 Å². The quantitative estimate of drug-likeness (QED) is 0.884. The van der Waals surface area contributed by atoms with Crippen LogP contribution in [0, 0.1) is 0 Å². The van der Waals surface area contributed by atoms with Crippen LogP contribution in [-0.4, -0.2) is 23.2 Å². The van der Waals surface area contributed by atoms with E-state index in [-0.39, 0.29) is 10.6 Å². The van der Waals surface area contributed by atoms with Crippen LogP contribution in [-0.2, 0) is 11.3 Å². The molecule has 1 aromatic heterocycles. The lowest BCUT2D eigenvalue weighted by Gasteiger charge is -2.12. The second kappa shape index (κ2) is 6.36. The molecule has 5 nitrogen and oxygen atoms in total. The van der Waals surface area contributed by atoms with Crippen molar-refractivity contribution in [3.8, 4) is 0 Å². The molecule has 0 aliphatic rings. The highest BCUT2D eigenvalue weighted by Gasteiger charge is 2.10. The Bertz CT molecular complexity index is 632. The number of pyridine rings is 1. The van der Waals surface area contributed by atoms with Crippen LogP contribution in [0.5, 0.6) is 0 Å². The van der Waals surface area contributed by atoms with E-state index >= 15 is 0 Å². The summed E-state index contributed by atoms with van der Waals surface area (Å²) in [7, 11) is 1.61. The molecule has 1 aromatic carbocycles. The predicted molar refractivity (Wildman–Crippen MR) is 76.6 cm³/mol. The van der Waals surface area contributed by atoms with Gasteiger partial charge in [0.25, 0.3) is 0 Å². The second-order valence-electron chi connectivity index (χ2n) is 4.07. The summed E-state index contributed by atoms with van der Waals surface area (Å²) >= 11 is 6.03. The Morgan fingerprint density at radius 3 is 2.85 bits per heavy atom. The third-order valence-electron chi connectivity index (χ3n) is 2.66. The van der Waals surface area contributed by atoms with E-state index in [1.54, 1.807) is 7.11 Å². The summed E-state index contributed by atoms with van der Waals surface area (Å²) in [6, 6.07) is 8.93. The van der Waals surface area contributed by atoms with E-state index in [0.717, 1.165) is 11.3 Å². The average Bonchev–Trinajstić information content (AvgIpc) is 2.43. The number of halogens is 1. The molecule has 0 saturated heterocycles. The van der Waals surface area contributed by atoms with Crippen LogP contribution >= 0.6 is 11.6 Å². The first kappa shape index (κ1) is 14.3. The van der Waals surface area contributed by atoms with Gasteiger partial charge in [-0.05, 0) is 12.1 Å². The van der Waals surface area contributed by atoms with Gasteiger partial charge in [-0.1, -0.05) is 29.8 Å². The fourth-order valence-electron chi connectivity index (χ4n) is 1.70. The van der Waals surface area contributed by atoms with Gasteiger partial charge >= 0.3 is 5.97 Å². The van der Waals surface area contributed by atoms with Crippen LogP contribution < -0.4 is 5.32 Å². The third-order valence-corrected chi connectivity index (χ3v) is 2.95. The summed E-state index contributed by atoms with van der Waals surface area (Å²) < 4.78 is 5.12. The Morgan fingerprint density at radius 2 is 2.20 bits per heavy atom. The summed E-state index contributed by atoms with van der Waals surface area (Å²) in [5, 5.41) is 12.2. The van der Waals surface area contributed by atoms with Crippen LogP contribution in [0.3, 0.4) is 0 Å². The number of aromatic nitrogens is 1. The molecule has 0 aliphatic heterocycles. The van der Waals surface area contributed by atoms with Crippen molar-refractivity contribution in [3.05, 3.63) is 52.7 Å². The number of hydrogen-bond donors (Lipinski definition) is 2. The Morgan fingerprint density at radius 1 is 1.45 bits per heavy atom. The minimum absolute atomic E-state index is 0.0470. The summed E-state index contributed by atoms with van der Waals surface area (Å²) in [6.07, 6.45) is 1.26. The molecule has 0 aliphatic carbocycles. The van der Waals surface area contributed by atoms with Gasteiger partial charge in [0, 0.05) is 24.6 Å². The van der Waals surface area contributed by atoms with Gasteiger partial charge in [0.05, 0.1) is 17.2 Å². The lowest BCUT2D eigenvalue weighted by molar-refractivity contribution is 0.0696. The third kappa shape index (κ3) is 3.26. The van der Waals surface area contributed by atoms with Crippen molar-refractivity contribution in [1.82, 2.24) is 4.98 Å². The number of methoxy groups -OCH3 is 1. The van der Waals surface area contributed by atoms with E-state index in [1.807, 2.05) is 24.3 Å². The lowest BCUT2D eigenvalue weighted by Crippen LogP contribution is -2.02. The average molecular weight is 293 g/mol. The van der Waals surface area contributed by atoms with Gasteiger partial charge in [-0.3, -0.25) is 0 Å². The van der Waals surface area contributed by atoms with Crippen molar-refractivity contribution >= 4 is 29.1 Å². The van der Waals surface area contributed by atoms with Gasteiger partial charge in [-0.2, -0.15) is 0 Å².